The largest absolute Gasteiger partial charge is 0.365 e. The molecular formula is C14H17N7. The molecule has 21 heavy (non-hydrogen) atoms. The first-order valence-corrected chi connectivity index (χ1v) is 7.11. The highest BCUT2D eigenvalue weighted by molar-refractivity contribution is 5.85. The first kappa shape index (κ1) is 12.3. The van der Waals surface area contributed by atoms with Crippen molar-refractivity contribution in [3.05, 3.63) is 17.7 Å². The number of aromatic nitrogens is 6. The minimum Gasteiger partial charge on any atom is -0.365 e. The van der Waals surface area contributed by atoms with Gasteiger partial charge in [0.15, 0.2) is 17.3 Å². The Morgan fingerprint density at radius 1 is 1.29 bits per heavy atom. The lowest BCUT2D eigenvalue weighted by atomic mass is 10.2. The van der Waals surface area contributed by atoms with Crippen LogP contribution in [0.25, 0.3) is 22.6 Å². The molecule has 7 heteroatoms. The van der Waals surface area contributed by atoms with Gasteiger partial charge in [-0.3, -0.25) is 4.68 Å². The molecule has 0 radical (unpaired) electrons. The third kappa shape index (κ3) is 1.96. The topological polar surface area (TPSA) is 84.3 Å². The molecule has 108 valence electrons. The Kier molecular flexibility index (Phi) is 2.51. The van der Waals surface area contributed by atoms with Crippen molar-refractivity contribution in [1.82, 2.24) is 29.7 Å². The number of imidazole rings is 1. The second kappa shape index (κ2) is 4.28. The number of anilines is 1. The van der Waals surface area contributed by atoms with Gasteiger partial charge < -0.3 is 10.3 Å². The van der Waals surface area contributed by atoms with E-state index in [1.54, 1.807) is 6.33 Å². The molecule has 4 rings (SSSR count). The fraction of sp³-hybridized carbons (Fsp3) is 0.429. The molecule has 0 bridgehead atoms. The predicted octanol–water partition coefficient (Wildman–Crippen LogP) is 1.94. The van der Waals surface area contributed by atoms with E-state index < -0.39 is 0 Å². The average Bonchev–Trinajstić information content (AvgIpc) is 3.05. The van der Waals surface area contributed by atoms with E-state index in [1.165, 1.54) is 12.8 Å². The van der Waals surface area contributed by atoms with E-state index in [0.717, 1.165) is 28.3 Å². The highest BCUT2D eigenvalue weighted by atomic mass is 15.3. The molecule has 0 spiro atoms. The van der Waals surface area contributed by atoms with Crippen molar-refractivity contribution in [3.63, 3.8) is 0 Å². The molecule has 0 aliphatic heterocycles. The molecule has 0 aromatic carbocycles. The van der Waals surface area contributed by atoms with Crippen molar-refractivity contribution < 1.29 is 0 Å². The molecule has 0 atom stereocenters. The summed E-state index contributed by atoms with van der Waals surface area (Å²) in [5, 5.41) is 7.90. The summed E-state index contributed by atoms with van der Waals surface area (Å²) < 4.78 is 1.86. The molecule has 3 aromatic rings. The maximum atomic E-state index is 4.71. The van der Waals surface area contributed by atoms with Crippen molar-refractivity contribution in [3.8, 4) is 11.4 Å². The second-order valence-corrected chi connectivity index (χ2v) is 5.59. The number of nitrogens with one attached hydrogen (secondary N) is 2. The van der Waals surface area contributed by atoms with E-state index in [0.29, 0.717) is 17.5 Å². The number of hydrogen-bond acceptors (Lipinski definition) is 5. The Balaban J connectivity index is 1.91. The van der Waals surface area contributed by atoms with Gasteiger partial charge in [0.25, 0.3) is 0 Å². The molecule has 1 aliphatic carbocycles. The van der Waals surface area contributed by atoms with Crippen molar-refractivity contribution >= 4 is 17.0 Å². The zero-order valence-electron chi connectivity index (χ0n) is 12.3. The van der Waals surface area contributed by atoms with Crippen molar-refractivity contribution in [1.29, 1.82) is 0 Å². The second-order valence-electron chi connectivity index (χ2n) is 5.59. The van der Waals surface area contributed by atoms with E-state index in [4.69, 9.17) is 4.98 Å². The van der Waals surface area contributed by atoms with E-state index in [2.05, 4.69) is 25.4 Å². The molecule has 1 fully saturated rings. The first-order valence-electron chi connectivity index (χ1n) is 7.11. The van der Waals surface area contributed by atoms with Crippen LogP contribution in [0.2, 0.25) is 0 Å². The van der Waals surface area contributed by atoms with Crippen LogP contribution in [0.1, 0.15) is 24.2 Å². The van der Waals surface area contributed by atoms with Gasteiger partial charge in [-0.05, 0) is 26.7 Å². The molecule has 3 heterocycles. The Labute approximate surface area is 121 Å². The Morgan fingerprint density at radius 3 is 2.76 bits per heavy atom. The molecule has 0 unspecified atom stereocenters. The summed E-state index contributed by atoms with van der Waals surface area (Å²) in [6.45, 7) is 4.01. The van der Waals surface area contributed by atoms with Crippen LogP contribution < -0.4 is 5.32 Å². The zero-order chi connectivity index (χ0) is 14.6. The van der Waals surface area contributed by atoms with Gasteiger partial charge in [0.05, 0.1) is 17.6 Å². The molecular weight excluding hydrogens is 266 g/mol. The van der Waals surface area contributed by atoms with Gasteiger partial charge in [-0.15, -0.1) is 0 Å². The maximum absolute atomic E-state index is 4.71. The first-order chi connectivity index (χ1) is 10.1. The van der Waals surface area contributed by atoms with Crippen LogP contribution in [-0.2, 0) is 7.05 Å². The Bertz CT molecular complexity index is 825. The number of fused-ring (bicyclic) bond motifs is 1. The molecule has 1 saturated carbocycles. The number of nitrogens with zero attached hydrogens (tertiary/aromatic N) is 5. The van der Waals surface area contributed by atoms with Gasteiger partial charge in [-0.2, -0.15) is 5.10 Å². The zero-order valence-corrected chi connectivity index (χ0v) is 12.3. The summed E-state index contributed by atoms with van der Waals surface area (Å²) in [5.74, 6) is 1.51. The minimum atomic E-state index is 0.523. The third-order valence-electron chi connectivity index (χ3n) is 3.94. The highest BCUT2D eigenvalue weighted by Gasteiger charge is 2.24. The highest BCUT2D eigenvalue weighted by Crippen LogP contribution is 2.30. The SMILES string of the molecule is Cc1nn(C)c(C)c1-c1nc(NC2CC2)c2[nH]cnc2n1. The van der Waals surface area contributed by atoms with Crippen molar-refractivity contribution in [2.24, 2.45) is 7.05 Å². The van der Waals surface area contributed by atoms with Gasteiger partial charge in [-0.1, -0.05) is 0 Å². The molecule has 0 amide bonds. The summed E-state index contributed by atoms with van der Waals surface area (Å²) in [7, 11) is 1.93. The molecule has 1 aliphatic rings. The summed E-state index contributed by atoms with van der Waals surface area (Å²) in [6.07, 6.45) is 4.05. The van der Waals surface area contributed by atoms with Crippen LogP contribution >= 0.6 is 0 Å². The molecule has 2 N–H and O–H groups in total. The lowest BCUT2D eigenvalue weighted by molar-refractivity contribution is 0.731. The Hall–Kier alpha value is -2.44. The summed E-state index contributed by atoms with van der Waals surface area (Å²) >= 11 is 0. The minimum absolute atomic E-state index is 0.523. The normalized spacial score (nSPS) is 14.8. The molecule has 7 nitrogen and oxygen atoms in total. The average molecular weight is 283 g/mol. The lowest BCUT2D eigenvalue weighted by Gasteiger charge is -2.07. The van der Waals surface area contributed by atoms with Crippen molar-refractivity contribution in [2.45, 2.75) is 32.7 Å². The van der Waals surface area contributed by atoms with E-state index in [9.17, 15) is 0 Å². The fourth-order valence-electron chi connectivity index (χ4n) is 2.57. The monoisotopic (exact) mass is 283 g/mol. The number of hydrogen-bond donors (Lipinski definition) is 2. The summed E-state index contributed by atoms with van der Waals surface area (Å²) in [5.41, 5.74) is 4.53. The summed E-state index contributed by atoms with van der Waals surface area (Å²) in [6, 6.07) is 0.523. The predicted molar refractivity (Wildman–Crippen MR) is 80.0 cm³/mol. The maximum Gasteiger partial charge on any atom is 0.183 e. The number of aromatic amines is 1. The van der Waals surface area contributed by atoms with Crippen LogP contribution in [0.15, 0.2) is 6.33 Å². The van der Waals surface area contributed by atoms with Gasteiger partial charge in [0.1, 0.15) is 5.52 Å². The van der Waals surface area contributed by atoms with E-state index in [1.807, 2.05) is 25.6 Å². The van der Waals surface area contributed by atoms with E-state index >= 15 is 0 Å². The smallest absolute Gasteiger partial charge is 0.183 e. The van der Waals surface area contributed by atoms with E-state index in [-0.39, 0.29) is 0 Å². The third-order valence-corrected chi connectivity index (χ3v) is 3.94. The van der Waals surface area contributed by atoms with Crippen LogP contribution in [0.3, 0.4) is 0 Å². The fourth-order valence-corrected chi connectivity index (χ4v) is 2.57. The van der Waals surface area contributed by atoms with Crippen LogP contribution in [0.4, 0.5) is 5.82 Å². The van der Waals surface area contributed by atoms with Gasteiger partial charge in [0.2, 0.25) is 0 Å². The summed E-state index contributed by atoms with van der Waals surface area (Å²) in [4.78, 5) is 16.7. The van der Waals surface area contributed by atoms with Crippen LogP contribution in [-0.4, -0.2) is 35.8 Å². The molecule has 0 saturated heterocycles. The number of aryl methyl sites for hydroxylation is 2. The van der Waals surface area contributed by atoms with Crippen LogP contribution in [0.5, 0.6) is 0 Å². The van der Waals surface area contributed by atoms with Gasteiger partial charge >= 0.3 is 0 Å². The lowest BCUT2D eigenvalue weighted by Crippen LogP contribution is -2.06. The molecule has 3 aromatic heterocycles. The van der Waals surface area contributed by atoms with Gasteiger partial charge in [0, 0.05) is 18.8 Å². The standard InChI is InChI=1S/C14H17N7/c1-7-10(8(2)21(3)20-7)12-18-13-11(15-6-16-13)14(19-12)17-9-4-5-9/h6,9H,4-5H2,1-3H3,(H2,15,16,17,18,19). The quantitative estimate of drug-likeness (QED) is 0.767. The van der Waals surface area contributed by atoms with Crippen LogP contribution in [0, 0.1) is 13.8 Å². The van der Waals surface area contributed by atoms with Crippen molar-refractivity contribution in [2.75, 3.05) is 5.32 Å². The number of H-pyrrole nitrogens is 1. The Morgan fingerprint density at radius 2 is 2.10 bits per heavy atom. The van der Waals surface area contributed by atoms with Gasteiger partial charge in [-0.25, -0.2) is 15.0 Å². The number of rotatable bonds is 3.